The Morgan fingerprint density at radius 1 is 0.939 bits per heavy atom. The molecule has 0 spiro atoms. The first-order valence-corrected chi connectivity index (χ1v) is 11.4. The Balaban J connectivity index is 1.44. The molecule has 33 heavy (non-hydrogen) atoms. The van der Waals surface area contributed by atoms with Crippen molar-refractivity contribution in [3.05, 3.63) is 64.4 Å². The van der Waals surface area contributed by atoms with E-state index in [-0.39, 0.29) is 11.5 Å². The number of aromatic nitrogens is 1. The molecule has 0 saturated carbocycles. The molecule has 7 nitrogen and oxygen atoms in total. The van der Waals surface area contributed by atoms with Crippen molar-refractivity contribution in [2.24, 2.45) is 7.05 Å². The van der Waals surface area contributed by atoms with Crippen LogP contribution >= 0.6 is 0 Å². The van der Waals surface area contributed by atoms with E-state index >= 15 is 0 Å². The molecular weight excluding hydrogens is 420 g/mol. The second-order valence-electron chi connectivity index (χ2n) is 7.62. The lowest BCUT2D eigenvalue weighted by Gasteiger charge is -2.13. The van der Waals surface area contributed by atoms with Crippen LogP contribution in [0.4, 0.5) is 0 Å². The summed E-state index contributed by atoms with van der Waals surface area (Å²) in [6.45, 7) is 5.92. The summed E-state index contributed by atoms with van der Waals surface area (Å²) in [5, 5.41) is 3.83. The summed E-state index contributed by atoms with van der Waals surface area (Å²) in [4.78, 5) is 24.3. The molecule has 1 aromatic heterocycles. The van der Waals surface area contributed by atoms with E-state index in [1.165, 1.54) is 6.07 Å². The van der Waals surface area contributed by atoms with Crippen LogP contribution in [0.2, 0.25) is 0 Å². The number of fused-ring (bicyclic) bond motifs is 1. The van der Waals surface area contributed by atoms with Gasteiger partial charge in [-0.25, -0.2) is 0 Å². The lowest BCUT2D eigenvalue weighted by molar-refractivity contribution is -0.121. The number of amides is 1. The number of hydrogen-bond donors (Lipinski definition) is 1. The van der Waals surface area contributed by atoms with Gasteiger partial charge in [0.15, 0.2) is 11.5 Å². The standard InChI is InChI=1S/C26H32N2O5/c1-4-31-22-13-12-19(17-24(22)32-5-2)14-15-27-25(29)11-8-16-33-23-18-26(30)28(3)21-10-7-6-9-20(21)23/h6-7,9-10,12-13,17-18H,4-5,8,11,14-16H2,1-3H3,(H,27,29). The predicted molar refractivity (Wildman–Crippen MR) is 129 cm³/mol. The molecule has 0 saturated heterocycles. The Morgan fingerprint density at radius 2 is 1.70 bits per heavy atom. The summed E-state index contributed by atoms with van der Waals surface area (Å²) in [5.41, 5.74) is 1.77. The quantitative estimate of drug-likeness (QED) is 0.422. The number of rotatable bonds is 12. The normalized spacial score (nSPS) is 10.8. The minimum absolute atomic E-state index is 0.0246. The summed E-state index contributed by atoms with van der Waals surface area (Å²) >= 11 is 0. The smallest absolute Gasteiger partial charge is 0.254 e. The lowest BCUT2D eigenvalue weighted by atomic mass is 10.1. The summed E-state index contributed by atoms with van der Waals surface area (Å²) in [6, 6.07) is 15.0. The van der Waals surface area contributed by atoms with Gasteiger partial charge in [0.1, 0.15) is 5.75 Å². The highest BCUT2D eigenvalue weighted by Crippen LogP contribution is 2.28. The second-order valence-corrected chi connectivity index (χ2v) is 7.62. The van der Waals surface area contributed by atoms with Crippen LogP contribution < -0.4 is 25.1 Å². The fourth-order valence-corrected chi connectivity index (χ4v) is 3.60. The number of para-hydroxylation sites is 1. The maximum atomic E-state index is 12.2. The first-order chi connectivity index (χ1) is 16.0. The Hall–Kier alpha value is -3.48. The lowest BCUT2D eigenvalue weighted by Crippen LogP contribution is -2.25. The highest BCUT2D eigenvalue weighted by atomic mass is 16.5. The van der Waals surface area contributed by atoms with E-state index in [1.54, 1.807) is 11.6 Å². The van der Waals surface area contributed by atoms with E-state index in [2.05, 4.69) is 5.32 Å². The zero-order chi connectivity index (χ0) is 23.6. The van der Waals surface area contributed by atoms with Gasteiger partial charge in [0.05, 0.1) is 25.3 Å². The van der Waals surface area contributed by atoms with E-state index in [9.17, 15) is 9.59 Å². The first-order valence-electron chi connectivity index (χ1n) is 11.4. The van der Waals surface area contributed by atoms with Crippen LogP contribution in [0.15, 0.2) is 53.3 Å². The van der Waals surface area contributed by atoms with Crippen LogP contribution in [0, 0.1) is 0 Å². The Labute approximate surface area is 194 Å². The predicted octanol–water partition coefficient (Wildman–Crippen LogP) is 3.85. The zero-order valence-electron chi connectivity index (χ0n) is 19.6. The van der Waals surface area contributed by atoms with Gasteiger partial charge in [-0.05, 0) is 56.5 Å². The van der Waals surface area contributed by atoms with Crippen LogP contribution in [0.3, 0.4) is 0 Å². The van der Waals surface area contributed by atoms with Crippen LogP contribution in [-0.4, -0.2) is 36.8 Å². The molecule has 0 unspecified atom stereocenters. The monoisotopic (exact) mass is 452 g/mol. The number of nitrogens with zero attached hydrogens (tertiary/aromatic N) is 1. The topological polar surface area (TPSA) is 78.8 Å². The van der Waals surface area contributed by atoms with E-state index in [0.29, 0.717) is 51.4 Å². The van der Waals surface area contributed by atoms with Crippen molar-refractivity contribution >= 4 is 16.8 Å². The van der Waals surface area contributed by atoms with Crippen molar-refractivity contribution in [2.45, 2.75) is 33.1 Å². The zero-order valence-corrected chi connectivity index (χ0v) is 19.6. The maximum absolute atomic E-state index is 12.2. The van der Waals surface area contributed by atoms with Gasteiger partial charge >= 0.3 is 0 Å². The van der Waals surface area contributed by atoms with Gasteiger partial charge in [-0.3, -0.25) is 9.59 Å². The van der Waals surface area contributed by atoms with Gasteiger partial charge in [0.2, 0.25) is 5.91 Å². The molecule has 0 aliphatic rings. The van der Waals surface area contributed by atoms with E-state index in [0.717, 1.165) is 28.0 Å². The summed E-state index contributed by atoms with van der Waals surface area (Å²) in [5.74, 6) is 1.98. The molecule has 3 rings (SSSR count). The van der Waals surface area contributed by atoms with Gasteiger partial charge in [0.25, 0.3) is 5.56 Å². The molecule has 2 aromatic carbocycles. The molecule has 176 valence electrons. The third-order valence-electron chi connectivity index (χ3n) is 5.27. The number of ether oxygens (including phenoxy) is 3. The van der Waals surface area contributed by atoms with Crippen LogP contribution in [0.25, 0.3) is 10.9 Å². The minimum Gasteiger partial charge on any atom is -0.493 e. The van der Waals surface area contributed by atoms with Crippen LogP contribution in [-0.2, 0) is 18.3 Å². The Morgan fingerprint density at radius 3 is 2.48 bits per heavy atom. The largest absolute Gasteiger partial charge is 0.493 e. The van der Waals surface area contributed by atoms with Gasteiger partial charge in [0, 0.05) is 31.5 Å². The average Bonchev–Trinajstić information content (AvgIpc) is 2.81. The van der Waals surface area contributed by atoms with E-state index < -0.39 is 0 Å². The Bertz CT molecular complexity index is 1140. The number of pyridine rings is 1. The highest BCUT2D eigenvalue weighted by Gasteiger charge is 2.09. The molecular formula is C26H32N2O5. The average molecular weight is 453 g/mol. The molecule has 1 amide bonds. The van der Waals surface area contributed by atoms with Gasteiger partial charge < -0.3 is 24.1 Å². The third kappa shape index (κ3) is 6.51. The second kappa shape index (κ2) is 11.9. The van der Waals surface area contributed by atoms with Crippen molar-refractivity contribution < 1.29 is 19.0 Å². The maximum Gasteiger partial charge on any atom is 0.254 e. The molecule has 0 aliphatic heterocycles. The number of carbonyl (C=O) groups excluding carboxylic acids is 1. The van der Waals surface area contributed by atoms with Crippen molar-refractivity contribution in [2.75, 3.05) is 26.4 Å². The minimum atomic E-state index is -0.122. The van der Waals surface area contributed by atoms with Crippen LogP contribution in [0.1, 0.15) is 32.3 Å². The summed E-state index contributed by atoms with van der Waals surface area (Å²) < 4.78 is 18.7. The summed E-state index contributed by atoms with van der Waals surface area (Å²) in [7, 11) is 1.74. The SMILES string of the molecule is CCOc1ccc(CCNC(=O)CCCOc2cc(=O)n(C)c3ccccc23)cc1OCC. The fraction of sp³-hybridized carbons (Fsp3) is 0.385. The number of nitrogens with one attached hydrogen (secondary N) is 1. The fourth-order valence-electron chi connectivity index (χ4n) is 3.60. The first kappa shape index (κ1) is 24.2. The summed E-state index contributed by atoms with van der Waals surface area (Å²) in [6.07, 6.45) is 1.62. The molecule has 1 heterocycles. The van der Waals surface area contributed by atoms with Gasteiger partial charge in [-0.1, -0.05) is 18.2 Å². The molecule has 3 aromatic rings. The number of carbonyl (C=O) groups is 1. The molecule has 0 atom stereocenters. The third-order valence-corrected chi connectivity index (χ3v) is 5.27. The van der Waals surface area contributed by atoms with Crippen molar-refractivity contribution in [1.82, 2.24) is 9.88 Å². The van der Waals surface area contributed by atoms with E-state index in [4.69, 9.17) is 14.2 Å². The van der Waals surface area contributed by atoms with Gasteiger partial charge in [-0.15, -0.1) is 0 Å². The van der Waals surface area contributed by atoms with Crippen molar-refractivity contribution in [3.8, 4) is 17.2 Å². The molecule has 7 heteroatoms. The molecule has 0 fully saturated rings. The molecule has 0 radical (unpaired) electrons. The molecule has 1 N–H and O–H groups in total. The van der Waals surface area contributed by atoms with E-state index in [1.807, 2.05) is 56.3 Å². The number of aryl methyl sites for hydroxylation is 1. The molecule has 0 bridgehead atoms. The number of hydrogen-bond acceptors (Lipinski definition) is 5. The Kier molecular flexibility index (Phi) is 8.75. The van der Waals surface area contributed by atoms with Crippen LogP contribution in [0.5, 0.6) is 17.2 Å². The van der Waals surface area contributed by atoms with Crippen molar-refractivity contribution in [3.63, 3.8) is 0 Å². The molecule has 0 aliphatic carbocycles. The highest BCUT2D eigenvalue weighted by molar-refractivity contribution is 5.85. The van der Waals surface area contributed by atoms with Gasteiger partial charge in [-0.2, -0.15) is 0 Å². The van der Waals surface area contributed by atoms with Crippen molar-refractivity contribution in [1.29, 1.82) is 0 Å². The number of benzene rings is 2.